The van der Waals surface area contributed by atoms with Crippen molar-refractivity contribution in [2.75, 3.05) is 7.05 Å². The predicted molar refractivity (Wildman–Crippen MR) is 114 cm³/mol. The third kappa shape index (κ3) is 3.63. The lowest BCUT2D eigenvalue weighted by Gasteiger charge is -2.23. The molecule has 1 unspecified atom stereocenters. The summed E-state index contributed by atoms with van der Waals surface area (Å²) in [6, 6.07) is 19.5. The summed E-state index contributed by atoms with van der Waals surface area (Å²) in [6.45, 7) is 5.98. The van der Waals surface area contributed by atoms with Crippen molar-refractivity contribution in [1.29, 1.82) is 0 Å². The van der Waals surface area contributed by atoms with Crippen molar-refractivity contribution in [3.05, 3.63) is 71.8 Å². The third-order valence-electron chi connectivity index (χ3n) is 5.33. The molecule has 0 radical (unpaired) electrons. The molecular weight excluding hydrogens is 348 g/mol. The Morgan fingerprint density at radius 3 is 2.21 bits per heavy atom. The van der Waals surface area contributed by atoms with Crippen LogP contribution in [0.4, 0.5) is 0 Å². The molecule has 0 spiro atoms. The molecule has 0 saturated heterocycles. The maximum atomic E-state index is 13.0. The molecule has 0 aliphatic heterocycles. The largest absolute Gasteiger partial charge is 0.368 e. The summed E-state index contributed by atoms with van der Waals surface area (Å²) in [5.74, 6) is -0.303. The van der Waals surface area contributed by atoms with Gasteiger partial charge in [0.2, 0.25) is 5.91 Å². The van der Waals surface area contributed by atoms with E-state index in [-0.39, 0.29) is 5.91 Å². The van der Waals surface area contributed by atoms with E-state index < -0.39 is 11.9 Å². The summed E-state index contributed by atoms with van der Waals surface area (Å²) >= 11 is 0. The van der Waals surface area contributed by atoms with E-state index in [1.54, 1.807) is 20.0 Å². The van der Waals surface area contributed by atoms with Gasteiger partial charge in [-0.15, -0.1) is 0 Å². The van der Waals surface area contributed by atoms with Crippen LogP contribution < -0.4 is 5.73 Å². The van der Waals surface area contributed by atoms with Gasteiger partial charge in [-0.25, -0.2) is 0 Å². The van der Waals surface area contributed by atoms with E-state index >= 15 is 0 Å². The fourth-order valence-electron chi connectivity index (χ4n) is 3.37. The number of fused-ring (bicyclic) bond motifs is 1. The lowest BCUT2D eigenvalue weighted by molar-refractivity contribution is -0.121. The first-order chi connectivity index (χ1) is 13.3. The van der Waals surface area contributed by atoms with Crippen molar-refractivity contribution in [2.24, 2.45) is 5.73 Å². The van der Waals surface area contributed by atoms with Gasteiger partial charge >= 0.3 is 0 Å². The van der Waals surface area contributed by atoms with Crippen LogP contribution in [0.2, 0.25) is 0 Å². The van der Waals surface area contributed by atoms with Crippen LogP contribution >= 0.6 is 0 Å². The normalized spacial score (nSPS) is 12.2. The average molecular weight is 374 g/mol. The van der Waals surface area contributed by atoms with Gasteiger partial charge in [-0.05, 0) is 46.4 Å². The highest BCUT2D eigenvalue weighted by Crippen LogP contribution is 2.32. The molecule has 28 heavy (non-hydrogen) atoms. The Balaban J connectivity index is 2.13. The summed E-state index contributed by atoms with van der Waals surface area (Å²) in [4.78, 5) is 25.9. The van der Waals surface area contributed by atoms with Crippen LogP contribution in [-0.2, 0) is 4.79 Å². The number of primary amides is 1. The maximum Gasteiger partial charge on any atom is 0.254 e. The van der Waals surface area contributed by atoms with Crippen molar-refractivity contribution in [2.45, 2.75) is 32.7 Å². The van der Waals surface area contributed by atoms with Gasteiger partial charge < -0.3 is 10.6 Å². The molecule has 3 aromatic rings. The number of amides is 2. The number of likely N-dealkylation sites (N-methyl/N-ethyl adjacent to an activating group) is 1. The molecule has 3 aromatic carbocycles. The molecule has 2 N–H and O–H groups in total. The summed E-state index contributed by atoms with van der Waals surface area (Å²) < 4.78 is 0. The fourth-order valence-corrected chi connectivity index (χ4v) is 3.37. The third-order valence-corrected chi connectivity index (χ3v) is 5.33. The highest BCUT2D eigenvalue weighted by atomic mass is 16.2. The highest BCUT2D eigenvalue weighted by molar-refractivity contribution is 6.11. The van der Waals surface area contributed by atoms with Crippen LogP contribution in [-0.4, -0.2) is 29.8 Å². The van der Waals surface area contributed by atoms with Gasteiger partial charge in [-0.1, -0.05) is 68.4 Å². The molecule has 1 atom stereocenters. The minimum atomic E-state index is -0.673. The molecule has 3 rings (SSSR count). The smallest absolute Gasteiger partial charge is 0.254 e. The molecular formula is C24H26N2O2. The Kier molecular flexibility index (Phi) is 5.50. The first-order valence-corrected chi connectivity index (χ1v) is 9.49. The van der Waals surface area contributed by atoms with E-state index in [9.17, 15) is 9.59 Å². The second kappa shape index (κ2) is 7.85. The quantitative estimate of drug-likeness (QED) is 0.711. The SMILES string of the molecule is CC(C)c1cccc(-c2cccc3c(C(=O)N(C)C(C)C(N)=O)cccc23)c1. The van der Waals surface area contributed by atoms with Crippen molar-refractivity contribution in [3.8, 4) is 11.1 Å². The van der Waals surface area contributed by atoms with Gasteiger partial charge in [0.05, 0.1) is 0 Å². The van der Waals surface area contributed by atoms with Crippen LogP contribution in [0.1, 0.15) is 42.6 Å². The molecule has 4 nitrogen and oxygen atoms in total. The van der Waals surface area contributed by atoms with Gasteiger partial charge in [0.25, 0.3) is 5.91 Å². The van der Waals surface area contributed by atoms with Crippen LogP contribution in [0.5, 0.6) is 0 Å². The summed E-state index contributed by atoms with van der Waals surface area (Å²) in [6.07, 6.45) is 0. The number of hydrogen-bond acceptors (Lipinski definition) is 2. The Morgan fingerprint density at radius 2 is 1.54 bits per heavy atom. The predicted octanol–water partition coefficient (Wildman–Crippen LogP) is 4.58. The Morgan fingerprint density at radius 1 is 0.893 bits per heavy atom. The zero-order valence-electron chi connectivity index (χ0n) is 16.8. The topological polar surface area (TPSA) is 63.4 Å². The van der Waals surface area contributed by atoms with E-state index in [2.05, 4.69) is 44.2 Å². The fraction of sp³-hybridized carbons (Fsp3) is 0.250. The zero-order chi connectivity index (χ0) is 20.4. The standard InChI is InChI=1S/C24H26N2O2/c1-15(2)17-8-5-9-18(14-17)19-10-6-12-21-20(19)11-7-13-22(21)24(28)26(4)16(3)23(25)27/h5-16H,1-4H3,(H2,25,27). The number of carbonyl (C=O) groups excluding carboxylic acids is 2. The minimum absolute atomic E-state index is 0.218. The van der Waals surface area contributed by atoms with Crippen molar-refractivity contribution < 1.29 is 9.59 Å². The zero-order valence-corrected chi connectivity index (χ0v) is 16.8. The van der Waals surface area contributed by atoms with E-state index in [0.717, 1.165) is 21.9 Å². The van der Waals surface area contributed by atoms with Crippen molar-refractivity contribution >= 4 is 22.6 Å². The highest BCUT2D eigenvalue weighted by Gasteiger charge is 2.23. The molecule has 0 heterocycles. The number of hydrogen-bond donors (Lipinski definition) is 1. The molecule has 0 bridgehead atoms. The van der Waals surface area contributed by atoms with Gasteiger partial charge in [0.1, 0.15) is 6.04 Å². The molecule has 0 aromatic heterocycles. The van der Waals surface area contributed by atoms with E-state index in [1.165, 1.54) is 10.5 Å². The number of nitrogens with two attached hydrogens (primary N) is 1. The first kappa shape index (κ1) is 19.6. The second-order valence-electron chi connectivity index (χ2n) is 7.48. The summed E-state index contributed by atoms with van der Waals surface area (Å²) in [5, 5.41) is 1.87. The molecule has 0 saturated carbocycles. The lowest BCUT2D eigenvalue weighted by Crippen LogP contribution is -2.43. The monoisotopic (exact) mass is 374 g/mol. The number of nitrogens with zero attached hydrogens (tertiary/aromatic N) is 1. The van der Waals surface area contributed by atoms with Gasteiger partial charge in [-0.2, -0.15) is 0 Å². The molecule has 144 valence electrons. The van der Waals surface area contributed by atoms with E-state index in [0.29, 0.717) is 11.5 Å². The van der Waals surface area contributed by atoms with E-state index in [4.69, 9.17) is 5.73 Å². The number of rotatable bonds is 5. The van der Waals surface area contributed by atoms with Crippen molar-refractivity contribution in [1.82, 2.24) is 4.90 Å². The maximum absolute atomic E-state index is 13.0. The summed E-state index contributed by atoms with van der Waals surface area (Å²) in [7, 11) is 1.60. The molecule has 2 amide bonds. The van der Waals surface area contributed by atoms with Crippen LogP contribution in [0, 0.1) is 0 Å². The van der Waals surface area contributed by atoms with Gasteiger partial charge in [0, 0.05) is 12.6 Å². The minimum Gasteiger partial charge on any atom is -0.368 e. The molecule has 0 fully saturated rings. The molecule has 4 heteroatoms. The first-order valence-electron chi connectivity index (χ1n) is 9.49. The van der Waals surface area contributed by atoms with Gasteiger partial charge in [0.15, 0.2) is 0 Å². The Bertz CT molecular complexity index is 1040. The second-order valence-corrected chi connectivity index (χ2v) is 7.48. The molecule has 0 aliphatic carbocycles. The van der Waals surface area contributed by atoms with Crippen LogP contribution in [0.15, 0.2) is 60.7 Å². The Hall–Kier alpha value is -3.14. The van der Waals surface area contributed by atoms with Crippen LogP contribution in [0.3, 0.4) is 0 Å². The number of carbonyl (C=O) groups is 2. The van der Waals surface area contributed by atoms with Crippen molar-refractivity contribution in [3.63, 3.8) is 0 Å². The summed E-state index contributed by atoms with van der Waals surface area (Å²) in [5.41, 5.74) is 9.42. The lowest BCUT2D eigenvalue weighted by atomic mass is 9.92. The van der Waals surface area contributed by atoms with Gasteiger partial charge in [-0.3, -0.25) is 9.59 Å². The Labute approximate surface area is 166 Å². The van der Waals surface area contributed by atoms with E-state index in [1.807, 2.05) is 24.3 Å². The molecule has 0 aliphatic rings. The average Bonchev–Trinajstić information content (AvgIpc) is 2.71. The number of benzene rings is 3. The van der Waals surface area contributed by atoms with Crippen LogP contribution in [0.25, 0.3) is 21.9 Å².